The van der Waals surface area contributed by atoms with Gasteiger partial charge in [0.2, 0.25) is 5.91 Å². The predicted octanol–water partition coefficient (Wildman–Crippen LogP) is 4.02. The summed E-state index contributed by atoms with van der Waals surface area (Å²) in [4.78, 5) is 11.9. The molecule has 0 aliphatic carbocycles. The SMILES string of the molecule is Cc1ccc([C@@H](C)NC(=O)/C=C/c2ccc(F)cc2)cc1. The summed E-state index contributed by atoms with van der Waals surface area (Å²) in [7, 11) is 0. The van der Waals surface area contributed by atoms with Crippen molar-refractivity contribution in [1.29, 1.82) is 0 Å². The molecule has 1 atom stereocenters. The van der Waals surface area contributed by atoms with Crippen LogP contribution in [0.2, 0.25) is 0 Å². The van der Waals surface area contributed by atoms with Gasteiger partial charge < -0.3 is 5.32 Å². The molecule has 0 spiro atoms. The molecule has 0 fully saturated rings. The number of carbonyl (C=O) groups is 1. The van der Waals surface area contributed by atoms with Crippen molar-refractivity contribution in [2.45, 2.75) is 19.9 Å². The maximum Gasteiger partial charge on any atom is 0.244 e. The highest BCUT2D eigenvalue weighted by Gasteiger charge is 2.06. The summed E-state index contributed by atoms with van der Waals surface area (Å²) in [6, 6.07) is 14.0. The maximum absolute atomic E-state index is 12.8. The fraction of sp³-hybridized carbons (Fsp3) is 0.167. The number of rotatable bonds is 4. The molecular weight excluding hydrogens is 265 g/mol. The number of amides is 1. The molecule has 108 valence electrons. The van der Waals surface area contributed by atoms with E-state index in [0.717, 1.165) is 11.1 Å². The summed E-state index contributed by atoms with van der Waals surface area (Å²) in [5.74, 6) is -0.461. The topological polar surface area (TPSA) is 29.1 Å². The zero-order valence-corrected chi connectivity index (χ0v) is 12.1. The average Bonchev–Trinajstić information content (AvgIpc) is 2.47. The van der Waals surface area contributed by atoms with E-state index in [1.54, 1.807) is 18.2 Å². The van der Waals surface area contributed by atoms with Crippen LogP contribution in [0.4, 0.5) is 4.39 Å². The fourth-order valence-electron chi connectivity index (χ4n) is 1.95. The number of carbonyl (C=O) groups excluding carboxylic acids is 1. The van der Waals surface area contributed by atoms with Crippen LogP contribution < -0.4 is 5.32 Å². The number of hydrogen-bond acceptors (Lipinski definition) is 1. The van der Waals surface area contributed by atoms with E-state index in [0.29, 0.717) is 0 Å². The summed E-state index contributed by atoms with van der Waals surface area (Å²) in [6.45, 7) is 3.97. The third-order valence-corrected chi connectivity index (χ3v) is 3.23. The minimum Gasteiger partial charge on any atom is -0.346 e. The molecule has 1 N–H and O–H groups in total. The third-order valence-electron chi connectivity index (χ3n) is 3.23. The molecule has 0 aliphatic rings. The Morgan fingerprint density at radius 1 is 1.10 bits per heavy atom. The molecule has 3 heteroatoms. The molecule has 2 rings (SSSR count). The normalized spacial score (nSPS) is 12.3. The molecule has 0 aromatic heterocycles. The van der Waals surface area contributed by atoms with Gasteiger partial charge in [-0.2, -0.15) is 0 Å². The summed E-state index contributed by atoms with van der Waals surface area (Å²) in [5, 5.41) is 2.90. The standard InChI is InChI=1S/C18H18FNO/c1-13-3-8-16(9-4-13)14(2)20-18(21)12-7-15-5-10-17(19)11-6-15/h3-12,14H,1-2H3,(H,20,21)/b12-7+/t14-/m1/s1. The van der Waals surface area contributed by atoms with E-state index in [1.807, 2.05) is 38.1 Å². The second kappa shape index (κ2) is 6.84. The van der Waals surface area contributed by atoms with Gasteiger partial charge in [0, 0.05) is 6.08 Å². The Morgan fingerprint density at radius 3 is 2.33 bits per heavy atom. The molecular formula is C18H18FNO. The molecule has 0 saturated carbocycles. The Balaban J connectivity index is 1.94. The summed E-state index contributed by atoms with van der Waals surface area (Å²) < 4.78 is 12.8. The summed E-state index contributed by atoms with van der Waals surface area (Å²) >= 11 is 0. The van der Waals surface area contributed by atoms with Gasteiger partial charge in [0.05, 0.1) is 6.04 Å². The van der Waals surface area contributed by atoms with Crippen LogP contribution in [0, 0.1) is 12.7 Å². The van der Waals surface area contributed by atoms with Gasteiger partial charge >= 0.3 is 0 Å². The van der Waals surface area contributed by atoms with Crippen molar-refractivity contribution in [3.63, 3.8) is 0 Å². The van der Waals surface area contributed by atoms with Crippen molar-refractivity contribution in [2.24, 2.45) is 0 Å². The van der Waals surface area contributed by atoms with E-state index in [4.69, 9.17) is 0 Å². The van der Waals surface area contributed by atoms with E-state index in [1.165, 1.54) is 23.8 Å². The molecule has 0 aliphatic heterocycles. The average molecular weight is 283 g/mol. The van der Waals surface area contributed by atoms with Gasteiger partial charge in [0.1, 0.15) is 5.82 Å². The van der Waals surface area contributed by atoms with Crippen LogP contribution in [0.25, 0.3) is 6.08 Å². The van der Waals surface area contributed by atoms with Crippen LogP contribution in [-0.4, -0.2) is 5.91 Å². The van der Waals surface area contributed by atoms with Crippen LogP contribution >= 0.6 is 0 Å². The monoisotopic (exact) mass is 283 g/mol. The van der Waals surface area contributed by atoms with Crippen LogP contribution in [0.15, 0.2) is 54.6 Å². The minimum absolute atomic E-state index is 0.0593. The second-order valence-electron chi connectivity index (χ2n) is 5.03. The Kier molecular flexibility index (Phi) is 4.88. The highest BCUT2D eigenvalue weighted by Crippen LogP contribution is 2.13. The maximum atomic E-state index is 12.8. The van der Waals surface area contributed by atoms with E-state index in [9.17, 15) is 9.18 Å². The van der Waals surface area contributed by atoms with Gasteiger partial charge in [-0.3, -0.25) is 4.79 Å². The van der Waals surface area contributed by atoms with Gasteiger partial charge in [0.15, 0.2) is 0 Å². The lowest BCUT2D eigenvalue weighted by Crippen LogP contribution is -2.24. The van der Waals surface area contributed by atoms with Gasteiger partial charge in [0.25, 0.3) is 0 Å². The highest BCUT2D eigenvalue weighted by atomic mass is 19.1. The quantitative estimate of drug-likeness (QED) is 0.843. The van der Waals surface area contributed by atoms with Gasteiger partial charge in [-0.15, -0.1) is 0 Å². The van der Waals surface area contributed by atoms with Crippen molar-refractivity contribution < 1.29 is 9.18 Å². The third kappa shape index (κ3) is 4.56. The Bertz CT molecular complexity index is 629. The first-order valence-electron chi connectivity index (χ1n) is 6.85. The first kappa shape index (κ1) is 15.0. The molecule has 2 nitrogen and oxygen atoms in total. The number of aryl methyl sites for hydroxylation is 1. The zero-order valence-electron chi connectivity index (χ0n) is 12.1. The van der Waals surface area contributed by atoms with Gasteiger partial charge in [-0.25, -0.2) is 4.39 Å². The number of hydrogen-bond donors (Lipinski definition) is 1. The Hall–Kier alpha value is -2.42. The first-order chi connectivity index (χ1) is 10.0. The van der Waals surface area contributed by atoms with E-state index in [2.05, 4.69) is 5.32 Å². The molecule has 0 saturated heterocycles. The molecule has 2 aromatic carbocycles. The molecule has 0 bridgehead atoms. The predicted molar refractivity (Wildman–Crippen MR) is 83.2 cm³/mol. The molecule has 0 heterocycles. The summed E-state index contributed by atoms with van der Waals surface area (Å²) in [5.41, 5.74) is 3.03. The lowest BCUT2D eigenvalue weighted by atomic mass is 10.1. The van der Waals surface area contributed by atoms with Crippen molar-refractivity contribution in [3.8, 4) is 0 Å². The van der Waals surface area contributed by atoms with Crippen molar-refractivity contribution in [3.05, 3.63) is 77.1 Å². The Labute approximate surface area is 124 Å². The number of nitrogens with one attached hydrogen (secondary N) is 1. The Morgan fingerprint density at radius 2 is 1.71 bits per heavy atom. The highest BCUT2D eigenvalue weighted by molar-refractivity contribution is 5.91. The van der Waals surface area contributed by atoms with Gasteiger partial charge in [-0.1, -0.05) is 42.0 Å². The minimum atomic E-state index is -0.287. The largest absolute Gasteiger partial charge is 0.346 e. The van der Waals surface area contributed by atoms with Crippen molar-refractivity contribution >= 4 is 12.0 Å². The first-order valence-corrected chi connectivity index (χ1v) is 6.85. The van der Waals surface area contributed by atoms with E-state index >= 15 is 0 Å². The van der Waals surface area contributed by atoms with Crippen molar-refractivity contribution in [1.82, 2.24) is 5.32 Å². The molecule has 21 heavy (non-hydrogen) atoms. The lowest BCUT2D eigenvalue weighted by molar-refractivity contribution is -0.117. The summed E-state index contributed by atoms with van der Waals surface area (Å²) in [6.07, 6.45) is 3.12. The molecule has 2 aromatic rings. The lowest BCUT2D eigenvalue weighted by Gasteiger charge is -2.13. The fourth-order valence-corrected chi connectivity index (χ4v) is 1.95. The van der Waals surface area contributed by atoms with E-state index in [-0.39, 0.29) is 17.8 Å². The van der Waals surface area contributed by atoms with Gasteiger partial charge in [-0.05, 0) is 43.2 Å². The van der Waals surface area contributed by atoms with Crippen LogP contribution in [-0.2, 0) is 4.79 Å². The molecule has 0 unspecified atom stereocenters. The molecule has 0 radical (unpaired) electrons. The second-order valence-corrected chi connectivity index (χ2v) is 5.03. The number of benzene rings is 2. The zero-order chi connectivity index (χ0) is 15.2. The molecule has 1 amide bonds. The number of halogens is 1. The van der Waals surface area contributed by atoms with Crippen LogP contribution in [0.5, 0.6) is 0 Å². The van der Waals surface area contributed by atoms with Crippen LogP contribution in [0.1, 0.15) is 29.7 Å². The smallest absolute Gasteiger partial charge is 0.244 e. The van der Waals surface area contributed by atoms with Crippen LogP contribution in [0.3, 0.4) is 0 Å². The van der Waals surface area contributed by atoms with E-state index < -0.39 is 0 Å². The van der Waals surface area contributed by atoms with Crippen molar-refractivity contribution in [2.75, 3.05) is 0 Å².